The fraction of sp³-hybridized carbons (Fsp3) is 0.0196. The highest BCUT2D eigenvalue weighted by Crippen LogP contribution is 2.43. The van der Waals surface area contributed by atoms with Crippen LogP contribution in [0.2, 0.25) is 0 Å². The van der Waals surface area contributed by atoms with Gasteiger partial charge in [0.25, 0.3) is 11.8 Å². The first kappa shape index (κ1) is 35.6. The SMILES string of the molecule is CN1C(=O)c2cccc(-n3c4c(-c5nc(-c6ccccc6)nc(-c6ccccc6)n5)cccc4c4cccc(-c5nc(-c6ccccc6)nc(-c6ccccc6)n5)c43)c2C1=O. The Morgan fingerprint density at radius 1 is 0.344 bits per heavy atom. The van der Waals surface area contributed by atoms with Gasteiger partial charge in [0.05, 0.1) is 27.8 Å². The summed E-state index contributed by atoms with van der Waals surface area (Å²) in [5, 5.41) is 1.75. The Kier molecular flexibility index (Phi) is 8.42. The standard InChI is InChI=1S/C51H32N8O2/c1-58-50(60)37-27-16-30-40(41(37)51(58)61)59-42-35(25-14-28-38(42)48-54-44(31-17-6-2-7-18-31)52-45(55-48)32-19-8-3-9-20-32)36-26-15-29-39(43(36)59)49-56-46(33-21-10-4-11-22-33)53-47(57-49)34-23-12-5-13-24-34/h2-30H,1H3. The van der Waals surface area contributed by atoms with Gasteiger partial charge in [0.2, 0.25) is 0 Å². The predicted octanol–water partition coefficient (Wildman–Crippen LogP) is 10.4. The van der Waals surface area contributed by atoms with Crippen LogP contribution in [0.1, 0.15) is 20.7 Å². The lowest BCUT2D eigenvalue weighted by Crippen LogP contribution is -2.24. The zero-order valence-corrected chi connectivity index (χ0v) is 32.6. The van der Waals surface area contributed by atoms with Crippen molar-refractivity contribution in [3.8, 4) is 74.0 Å². The summed E-state index contributed by atoms with van der Waals surface area (Å²) in [6.07, 6.45) is 0. The van der Waals surface area contributed by atoms with Crippen molar-refractivity contribution in [2.75, 3.05) is 7.05 Å². The van der Waals surface area contributed by atoms with Crippen molar-refractivity contribution in [2.45, 2.75) is 0 Å². The monoisotopic (exact) mass is 788 g/mol. The Bertz CT molecular complexity index is 3060. The Morgan fingerprint density at radius 2 is 0.689 bits per heavy atom. The van der Waals surface area contributed by atoms with E-state index < -0.39 is 5.91 Å². The smallest absolute Gasteiger partial charge is 0.263 e. The van der Waals surface area contributed by atoms with E-state index >= 15 is 0 Å². The minimum Gasteiger partial charge on any atom is -0.307 e. The molecule has 0 unspecified atom stereocenters. The maximum absolute atomic E-state index is 14.1. The first-order valence-electron chi connectivity index (χ1n) is 19.8. The van der Waals surface area contributed by atoms with E-state index in [0.717, 1.165) is 44.1 Å². The van der Waals surface area contributed by atoms with E-state index in [2.05, 4.69) is 16.7 Å². The summed E-state index contributed by atoms with van der Waals surface area (Å²) in [7, 11) is 1.51. The molecule has 2 amide bonds. The first-order valence-corrected chi connectivity index (χ1v) is 19.8. The maximum atomic E-state index is 14.1. The molecule has 4 heterocycles. The molecular formula is C51H32N8O2. The minimum absolute atomic E-state index is 0.301. The Hall–Kier alpha value is -8.50. The molecule has 3 aromatic heterocycles. The summed E-state index contributed by atoms with van der Waals surface area (Å²) < 4.78 is 2.06. The van der Waals surface area contributed by atoms with E-state index in [9.17, 15) is 9.59 Å². The van der Waals surface area contributed by atoms with Crippen molar-refractivity contribution in [1.82, 2.24) is 39.4 Å². The fourth-order valence-corrected chi connectivity index (χ4v) is 8.15. The average molecular weight is 789 g/mol. The molecule has 0 fully saturated rings. The zero-order chi connectivity index (χ0) is 41.0. The molecule has 288 valence electrons. The van der Waals surface area contributed by atoms with Gasteiger partial charge in [-0.2, -0.15) is 0 Å². The molecule has 0 saturated heterocycles. The molecule has 1 aliphatic heterocycles. The number of amides is 2. The molecule has 0 bridgehead atoms. The van der Waals surface area contributed by atoms with E-state index in [1.165, 1.54) is 11.9 Å². The largest absolute Gasteiger partial charge is 0.307 e. The van der Waals surface area contributed by atoms with Gasteiger partial charge in [0.1, 0.15) is 0 Å². The summed E-state index contributed by atoms with van der Waals surface area (Å²) in [5.74, 6) is 2.18. The molecule has 0 atom stereocenters. The second kappa shape index (κ2) is 14.4. The molecule has 0 saturated carbocycles. The van der Waals surface area contributed by atoms with Crippen LogP contribution in [0.5, 0.6) is 0 Å². The van der Waals surface area contributed by atoms with Gasteiger partial charge in [-0.05, 0) is 24.3 Å². The van der Waals surface area contributed by atoms with Gasteiger partial charge in [0, 0.05) is 51.2 Å². The van der Waals surface area contributed by atoms with Gasteiger partial charge in [-0.15, -0.1) is 0 Å². The summed E-state index contributed by atoms with van der Waals surface area (Å²) in [5.41, 5.74) is 7.37. The quantitative estimate of drug-likeness (QED) is 0.146. The van der Waals surface area contributed by atoms with Crippen molar-refractivity contribution in [3.63, 3.8) is 0 Å². The molecule has 0 spiro atoms. The van der Waals surface area contributed by atoms with Crippen LogP contribution in [0.4, 0.5) is 0 Å². The number of carbonyl (C=O) groups is 2. The van der Waals surface area contributed by atoms with Crippen LogP contribution in [0, 0.1) is 0 Å². The van der Waals surface area contributed by atoms with Crippen LogP contribution in [0.3, 0.4) is 0 Å². The van der Waals surface area contributed by atoms with Crippen LogP contribution in [0.15, 0.2) is 176 Å². The fourth-order valence-electron chi connectivity index (χ4n) is 8.15. The van der Waals surface area contributed by atoms with Gasteiger partial charge >= 0.3 is 0 Å². The topological polar surface area (TPSA) is 120 Å². The number of rotatable bonds is 7. The van der Waals surface area contributed by atoms with Crippen LogP contribution in [-0.2, 0) is 0 Å². The number of imide groups is 1. The number of nitrogens with zero attached hydrogens (tertiary/aromatic N) is 8. The highest BCUT2D eigenvalue weighted by atomic mass is 16.2. The molecular weight excluding hydrogens is 757 g/mol. The maximum Gasteiger partial charge on any atom is 0.263 e. The molecule has 0 N–H and O–H groups in total. The second-order valence-corrected chi connectivity index (χ2v) is 14.7. The summed E-state index contributed by atoms with van der Waals surface area (Å²) in [6.45, 7) is 0. The van der Waals surface area contributed by atoms with Crippen molar-refractivity contribution in [2.24, 2.45) is 0 Å². The van der Waals surface area contributed by atoms with Crippen molar-refractivity contribution < 1.29 is 9.59 Å². The lowest BCUT2D eigenvalue weighted by atomic mass is 10.1. The number of hydrogen-bond donors (Lipinski definition) is 0. The predicted molar refractivity (Wildman–Crippen MR) is 237 cm³/mol. The van der Waals surface area contributed by atoms with Gasteiger partial charge in [-0.1, -0.05) is 152 Å². The second-order valence-electron chi connectivity index (χ2n) is 14.7. The van der Waals surface area contributed by atoms with E-state index in [-0.39, 0.29) is 5.91 Å². The first-order chi connectivity index (χ1) is 30.0. The zero-order valence-electron chi connectivity index (χ0n) is 32.6. The third-order valence-electron chi connectivity index (χ3n) is 11.0. The minimum atomic E-state index is -0.392. The van der Waals surface area contributed by atoms with E-state index in [1.807, 2.05) is 158 Å². The van der Waals surface area contributed by atoms with Gasteiger partial charge in [0.15, 0.2) is 34.9 Å². The molecule has 61 heavy (non-hydrogen) atoms. The van der Waals surface area contributed by atoms with E-state index in [0.29, 0.717) is 62.9 Å². The molecule has 0 aliphatic carbocycles. The Morgan fingerprint density at radius 3 is 1.08 bits per heavy atom. The number of fused-ring (bicyclic) bond motifs is 4. The Labute approximate surface area is 349 Å². The Balaban J connectivity index is 1.26. The number of benzene rings is 7. The molecule has 0 radical (unpaired) electrons. The lowest BCUT2D eigenvalue weighted by Gasteiger charge is -2.16. The molecule has 7 aromatic carbocycles. The number of hydrogen-bond acceptors (Lipinski definition) is 8. The van der Waals surface area contributed by atoms with Crippen molar-refractivity contribution >= 4 is 33.6 Å². The van der Waals surface area contributed by atoms with E-state index in [4.69, 9.17) is 29.9 Å². The van der Waals surface area contributed by atoms with Crippen LogP contribution in [0.25, 0.3) is 95.8 Å². The average Bonchev–Trinajstić information content (AvgIpc) is 3.79. The molecule has 10 nitrogen and oxygen atoms in total. The third-order valence-corrected chi connectivity index (χ3v) is 11.0. The summed E-state index contributed by atoms with van der Waals surface area (Å²) in [6, 6.07) is 56.8. The summed E-state index contributed by atoms with van der Waals surface area (Å²) in [4.78, 5) is 59.3. The van der Waals surface area contributed by atoms with Gasteiger partial charge < -0.3 is 4.57 Å². The number of carbonyl (C=O) groups excluding carboxylic acids is 2. The molecule has 11 rings (SSSR count). The molecule has 10 heteroatoms. The highest BCUT2D eigenvalue weighted by molar-refractivity contribution is 6.24. The number of para-hydroxylation sites is 2. The van der Waals surface area contributed by atoms with Crippen molar-refractivity contribution in [3.05, 3.63) is 187 Å². The van der Waals surface area contributed by atoms with Gasteiger partial charge in [-0.3, -0.25) is 14.5 Å². The lowest BCUT2D eigenvalue weighted by molar-refractivity contribution is 0.0693. The number of aromatic nitrogens is 7. The van der Waals surface area contributed by atoms with E-state index in [1.54, 1.807) is 6.07 Å². The van der Waals surface area contributed by atoms with Crippen LogP contribution >= 0.6 is 0 Å². The third kappa shape index (κ3) is 5.96. The van der Waals surface area contributed by atoms with Crippen LogP contribution in [-0.4, -0.2) is 58.2 Å². The normalized spacial score (nSPS) is 12.4. The molecule has 1 aliphatic rings. The van der Waals surface area contributed by atoms with Gasteiger partial charge in [-0.25, -0.2) is 29.9 Å². The summed E-state index contributed by atoms with van der Waals surface area (Å²) >= 11 is 0. The van der Waals surface area contributed by atoms with Crippen LogP contribution < -0.4 is 0 Å². The molecule has 10 aromatic rings. The highest BCUT2D eigenvalue weighted by Gasteiger charge is 2.36. The van der Waals surface area contributed by atoms with Crippen molar-refractivity contribution in [1.29, 1.82) is 0 Å².